The topological polar surface area (TPSA) is 81.3 Å². The minimum absolute atomic E-state index is 0.101. The number of aromatic carboxylic acids is 1. The van der Waals surface area contributed by atoms with Crippen LogP contribution < -0.4 is 5.69 Å². The molecule has 34 heavy (non-hydrogen) atoms. The maximum atomic E-state index is 13.2. The van der Waals surface area contributed by atoms with Gasteiger partial charge in [0.15, 0.2) is 0 Å². The maximum absolute atomic E-state index is 13.2. The fourth-order valence-electron chi connectivity index (χ4n) is 4.69. The van der Waals surface area contributed by atoms with Crippen LogP contribution in [0.15, 0.2) is 59.5 Å². The number of carbonyl (C=O) groups excluding carboxylic acids is 1. The maximum Gasteiger partial charge on any atom is 0.336 e. The number of benzene rings is 2. The summed E-state index contributed by atoms with van der Waals surface area (Å²) in [4.78, 5) is 37.9. The Morgan fingerprint density at radius 1 is 1.03 bits per heavy atom. The summed E-state index contributed by atoms with van der Waals surface area (Å²) in [6, 6.07) is 14.3. The fraction of sp³-hybridized carbons (Fsp3) is 0.321. The Hall–Kier alpha value is -3.85. The Morgan fingerprint density at radius 2 is 1.74 bits per heavy atom. The lowest BCUT2D eigenvalue weighted by Crippen LogP contribution is -2.34. The fourth-order valence-corrected chi connectivity index (χ4v) is 4.69. The predicted molar refractivity (Wildman–Crippen MR) is 131 cm³/mol. The number of rotatable bonds is 7. The summed E-state index contributed by atoms with van der Waals surface area (Å²) in [6.07, 6.45) is 12.9. The van der Waals surface area contributed by atoms with Crippen molar-refractivity contribution in [1.29, 1.82) is 0 Å². The quantitative estimate of drug-likeness (QED) is 0.516. The third-order valence-electron chi connectivity index (χ3n) is 6.54. The molecule has 0 radical (unpaired) electrons. The van der Waals surface area contributed by atoms with Crippen LogP contribution in [0.2, 0.25) is 0 Å². The van der Waals surface area contributed by atoms with Gasteiger partial charge >= 0.3 is 11.7 Å². The van der Waals surface area contributed by atoms with Crippen molar-refractivity contribution in [2.75, 3.05) is 0 Å². The molecule has 0 atom stereocenters. The molecule has 174 valence electrons. The van der Waals surface area contributed by atoms with Gasteiger partial charge in [-0.2, -0.15) is 0 Å². The number of aryl methyl sites for hydroxylation is 1. The minimum Gasteiger partial charge on any atom is -0.478 e. The van der Waals surface area contributed by atoms with Gasteiger partial charge in [0, 0.05) is 30.7 Å². The molecule has 2 aromatic carbocycles. The molecule has 0 amide bonds. The van der Waals surface area contributed by atoms with Crippen LogP contribution in [0, 0.1) is 18.3 Å². The van der Waals surface area contributed by atoms with E-state index in [1.807, 2.05) is 24.3 Å². The zero-order chi connectivity index (χ0) is 24.1. The normalized spacial score (nSPS) is 14.0. The molecule has 1 fully saturated rings. The lowest BCUT2D eigenvalue weighted by Gasteiger charge is -2.19. The van der Waals surface area contributed by atoms with Crippen molar-refractivity contribution in [3.05, 3.63) is 82.0 Å². The summed E-state index contributed by atoms with van der Waals surface area (Å²) >= 11 is 0. The largest absolute Gasteiger partial charge is 0.478 e. The summed E-state index contributed by atoms with van der Waals surface area (Å²) in [5.74, 6) is 1.41. The summed E-state index contributed by atoms with van der Waals surface area (Å²) < 4.78 is 2.90. The van der Waals surface area contributed by atoms with E-state index < -0.39 is 5.97 Å². The highest BCUT2D eigenvalue weighted by Crippen LogP contribution is 2.26. The summed E-state index contributed by atoms with van der Waals surface area (Å²) in [5.41, 5.74) is 2.95. The lowest BCUT2D eigenvalue weighted by atomic mass is 9.88. The first-order valence-corrected chi connectivity index (χ1v) is 11.7. The smallest absolute Gasteiger partial charge is 0.336 e. The molecular weight excluding hydrogens is 428 g/mol. The zero-order valence-corrected chi connectivity index (χ0v) is 19.1. The van der Waals surface area contributed by atoms with Crippen molar-refractivity contribution in [3.8, 4) is 23.5 Å². The molecule has 0 unspecified atom stereocenters. The van der Waals surface area contributed by atoms with Gasteiger partial charge in [-0.15, -0.1) is 12.3 Å². The van der Waals surface area contributed by atoms with E-state index in [1.165, 1.54) is 4.57 Å². The molecular formula is C28H28N2O4. The lowest BCUT2D eigenvalue weighted by molar-refractivity contribution is 0.0697. The van der Waals surface area contributed by atoms with E-state index in [2.05, 4.69) is 5.92 Å². The average molecular weight is 457 g/mol. The molecule has 1 heterocycles. The molecule has 3 aromatic rings. The second kappa shape index (κ2) is 10.4. The number of hydrogen-bond donors (Lipinski definition) is 1. The van der Waals surface area contributed by atoms with Crippen molar-refractivity contribution in [2.45, 2.75) is 51.5 Å². The number of terminal acetylenes is 1. The Morgan fingerprint density at radius 3 is 2.41 bits per heavy atom. The molecule has 1 aliphatic rings. The molecule has 0 saturated heterocycles. The van der Waals surface area contributed by atoms with Crippen molar-refractivity contribution in [1.82, 2.24) is 9.13 Å². The highest BCUT2D eigenvalue weighted by atomic mass is 16.4. The van der Waals surface area contributed by atoms with E-state index in [-0.39, 0.29) is 23.1 Å². The van der Waals surface area contributed by atoms with Crippen molar-refractivity contribution in [3.63, 3.8) is 0 Å². The molecule has 6 heteroatoms. The van der Waals surface area contributed by atoms with Gasteiger partial charge in [0.05, 0.1) is 12.1 Å². The first-order chi connectivity index (χ1) is 16.5. The molecule has 1 aliphatic carbocycles. The number of imidazole rings is 1. The van der Waals surface area contributed by atoms with Gasteiger partial charge in [0.2, 0.25) is 5.91 Å². The molecule has 1 aromatic heterocycles. The van der Waals surface area contributed by atoms with Crippen molar-refractivity contribution < 1.29 is 14.7 Å². The van der Waals surface area contributed by atoms with Gasteiger partial charge < -0.3 is 5.11 Å². The molecule has 0 aliphatic heterocycles. The van der Waals surface area contributed by atoms with Gasteiger partial charge in [-0.1, -0.05) is 61.7 Å². The van der Waals surface area contributed by atoms with Crippen LogP contribution in [0.25, 0.3) is 11.1 Å². The predicted octanol–water partition coefficient (Wildman–Crippen LogP) is 4.85. The third-order valence-corrected chi connectivity index (χ3v) is 6.54. The van der Waals surface area contributed by atoms with E-state index in [4.69, 9.17) is 6.42 Å². The molecule has 0 bridgehead atoms. The number of nitrogens with zero attached hydrogens (tertiary/aromatic N) is 2. The highest BCUT2D eigenvalue weighted by Gasteiger charge is 2.25. The van der Waals surface area contributed by atoms with Crippen molar-refractivity contribution >= 4 is 11.9 Å². The minimum atomic E-state index is -0.978. The first kappa shape index (κ1) is 23.3. The van der Waals surface area contributed by atoms with Crippen molar-refractivity contribution in [2.24, 2.45) is 5.92 Å². The third kappa shape index (κ3) is 4.89. The van der Waals surface area contributed by atoms with Crippen LogP contribution in [0.4, 0.5) is 0 Å². The Labute approximate surface area is 198 Å². The van der Waals surface area contributed by atoms with E-state index >= 15 is 0 Å². The number of carbonyl (C=O) groups is 2. The molecule has 0 spiro atoms. The number of carboxylic acid groups (broad SMARTS) is 1. The van der Waals surface area contributed by atoms with Crippen LogP contribution >= 0.6 is 0 Å². The van der Waals surface area contributed by atoms with Gasteiger partial charge in [-0.3, -0.25) is 9.36 Å². The number of hydrogen-bond acceptors (Lipinski definition) is 3. The van der Waals surface area contributed by atoms with Gasteiger partial charge in [0.25, 0.3) is 0 Å². The van der Waals surface area contributed by atoms with Crippen LogP contribution in [0.5, 0.6) is 0 Å². The zero-order valence-electron chi connectivity index (χ0n) is 19.1. The standard InChI is InChI=1S/C28H28N2O4/c1-2-3-11-23-19-30(26(31)22-9-5-4-6-10-22)28(34)29(23)18-20-14-16-21(17-15-20)24-12-7-8-13-25(24)27(32)33/h1,7-8,12-17,19,22H,3-6,9-11,18H2,(H,32,33). The summed E-state index contributed by atoms with van der Waals surface area (Å²) in [6.45, 7) is 0.310. The Kier molecular flexibility index (Phi) is 7.12. The number of aromatic nitrogens is 2. The molecule has 1 saturated carbocycles. The van der Waals surface area contributed by atoms with Crippen LogP contribution in [0.3, 0.4) is 0 Å². The first-order valence-electron chi connectivity index (χ1n) is 11.7. The summed E-state index contributed by atoms with van der Waals surface area (Å²) in [7, 11) is 0. The molecule has 1 N–H and O–H groups in total. The molecule has 6 nitrogen and oxygen atoms in total. The van der Waals surface area contributed by atoms with Gasteiger partial charge in [-0.25, -0.2) is 14.2 Å². The highest BCUT2D eigenvalue weighted by molar-refractivity contribution is 5.96. The summed E-state index contributed by atoms with van der Waals surface area (Å²) in [5, 5.41) is 9.47. The second-order valence-corrected chi connectivity index (χ2v) is 8.78. The van der Waals surface area contributed by atoms with E-state index in [9.17, 15) is 19.5 Å². The van der Waals surface area contributed by atoms with Crippen LogP contribution in [0.1, 0.15) is 64.9 Å². The van der Waals surface area contributed by atoms with E-state index in [0.717, 1.165) is 48.9 Å². The molecule has 4 rings (SSSR count). The monoisotopic (exact) mass is 456 g/mol. The SMILES string of the molecule is C#CCCc1cn(C(=O)C2CCCCC2)c(=O)n1Cc1ccc(-c2ccccc2C(=O)O)cc1. The van der Waals surface area contributed by atoms with Crippen LogP contribution in [-0.2, 0) is 13.0 Å². The Balaban J connectivity index is 1.62. The van der Waals surface area contributed by atoms with E-state index in [1.54, 1.807) is 35.0 Å². The van der Waals surface area contributed by atoms with Crippen LogP contribution in [-0.4, -0.2) is 26.1 Å². The van der Waals surface area contributed by atoms with E-state index in [0.29, 0.717) is 24.9 Å². The average Bonchev–Trinajstić information content (AvgIpc) is 3.18. The van der Waals surface area contributed by atoms with Gasteiger partial charge in [0.1, 0.15) is 0 Å². The number of carboxylic acids is 1. The van der Waals surface area contributed by atoms with Gasteiger partial charge in [-0.05, 0) is 35.6 Å². The Bertz CT molecular complexity index is 1290. The second-order valence-electron chi connectivity index (χ2n) is 8.78.